The molecule has 3 nitrogen and oxygen atoms in total. The van der Waals surface area contributed by atoms with E-state index in [0.717, 1.165) is 0 Å². The standard InChI is InChI=1S/H2O.2O.U/h1H2;;;/q;2*-2;+4. The zero-order valence-electron chi connectivity index (χ0n) is 1.82. The van der Waals surface area contributed by atoms with Gasteiger partial charge in [-0.05, 0) is 0 Å². The maximum Gasteiger partial charge on any atom is 4.00 e. The van der Waals surface area contributed by atoms with Gasteiger partial charge in [0.1, 0.15) is 0 Å². The first-order valence-corrected chi connectivity index (χ1v) is 0. The molecule has 0 amide bonds. The molecule has 0 atom stereocenters. The van der Waals surface area contributed by atoms with Crippen molar-refractivity contribution in [3.63, 3.8) is 0 Å². The van der Waals surface area contributed by atoms with E-state index < -0.39 is 0 Å². The second kappa shape index (κ2) is 38.9. The Balaban J connectivity index is 0. The van der Waals surface area contributed by atoms with Crippen LogP contribution in [0.1, 0.15) is 0 Å². The first-order chi connectivity index (χ1) is 0. The summed E-state index contributed by atoms with van der Waals surface area (Å²) >= 11 is 0. The number of rotatable bonds is 0. The summed E-state index contributed by atoms with van der Waals surface area (Å²) < 4.78 is 0. The van der Waals surface area contributed by atoms with Crippen LogP contribution < -0.4 is 0 Å². The van der Waals surface area contributed by atoms with E-state index in [9.17, 15) is 0 Å². The first kappa shape index (κ1) is 87.8. The van der Waals surface area contributed by atoms with Crippen molar-refractivity contribution in [2.24, 2.45) is 0 Å². The Morgan fingerprint density at radius 2 is 0.750 bits per heavy atom. The van der Waals surface area contributed by atoms with Gasteiger partial charge in [-0.15, -0.1) is 0 Å². The molecule has 2 N–H and O–H groups in total. The number of hydrogen-bond acceptors (Lipinski definition) is 0. The van der Waals surface area contributed by atoms with Gasteiger partial charge in [0.05, 0.1) is 0 Å². The van der Waals surface area contributed by atoms with Crippen molar-refractivity contribution < 1.29 is 47.5 Å². The second-order valence-electron chi connectivity index (χ2n) is 0. The average Bonchev–Trinajstić information content (AvgIpc) is 0. The molecule has 0 radical (unpaired) electrons. The molecular weight excluding hydrogens is 286 g/mol. The van der Waals surface area contributed by atoms with E-state index >= 15 is 0 Å². The fraction of sp³-hybridized carbons (Fsp3) is 0. The van der Waals surface area contributed by atoms with Crippen molar-refractivity contribution in [3.8, 4) is 0 Å². The van der Waals surface area contributed by atoms with Gasteiger partial charge in [-0.25, -0.2) is 0 Å². The summed E-state index contributed by atoms with van der Waals surface area (Å²) in [6, 6.07) is 0. The number of hydrogen-bond donors (Lipinski definition) is 0. The zero-order valence-corrected chi connectivity index (χ0v) is 5.98. The van der Waals surface area contributed by atoms with E-state index in [4.69, 9.17) is 0 Å². The first-order valence-electron chi connectivity index (χ1n) is 0. The zero-order chi connectivity index (χ0) is 0. The third kappa shape index (κ3) is 12.6. The van der Waals surface area contributed by atoms with Crippen LogP contribution in [-0.2, 0) is 11.0 Å². The third-order valence-corrected chi connectivity index (χ3v) is 0. The Labute approximate surface area is 47.7 Å². The predicted octanol–water partition coefficient (Wildman–Crippen LogP) is -1.06. The molecule has 0 aromatic carbocycles. The molecule has 0 spiro atoms. The largest absolute Gasteiger partial charge is 4.00 e. The van der Waals surface area contributed by atoms with E-state index in [1.54, 1.807) is 0 Å². The summed E-state index contributed by atoms with van der Waals surface area (Å²) in [6.45, 7) is 0. The average molecular weight is 288 g/mol. The van der Waals surface area contributed by atoms with Crippen LogP contribution in [0.15, 0.2) is 0 Å². The molecule has 0 saturated heterocycles. The van der Waals surface area contributed by atoms with Crippen molar-refractivity contribution in [2.75, 3.05) is 0 Å². The fourth-order valence-corrected chi connectivity index (χ4v) is 0. The van der Waals surface area contributed by atoms with Gasteiger partial charge >= 0.3 is 31.1 Å². The van der Waals surface area contributed by atoms with Crippen LogP contribution in [0.25, 0.3) is 0 Å². The third-order valence-electron chi connectivity index (χ3n) is 0. The smallest absolute Gasteiger partial charge is 2.00 e. The van der Waals surface area contributed by atoms with Gasteiger partial charge in [0, 0.05) is 0 Å². The monoisotopic (exact) mass is 288 g/mol. The van der Waals surface area contributed by atoms with Crippen LogP contribution >= 0.6 is 0 Å². The summed E-state index contributed by atoms with van der Waals surface area (Å²) in [5.74, 6) is 0. The SMILES string of the molecule is O.[O-2].[O-2].[U+4]. The quantitative estimate of drug-likeness (QED) is 0.544. The maximum atomic E-state index is 0. The van der Waals surface area contributed by atoms with E-state index in [1.165, 1.54) is 0 Å². The van der Waals surface area contributed by atoms with Crippen molar-refractivity contribution in [1.29, 1.82) is 0 Å². The van der Waals surface area contributed by atoms with Crippen LogP contribution in [0, 0.1) is 31.1 Å². The molecule has 0 aliphatic carbocycles. The molecule has 0 bridgehead atoms. The predicted molar refractivity (Wildman–Crippen MR) is 4.99 cm³/mol. The Kier molecular flexibility index (Phi) is 854. The molecule has 0 rings (SSSR count). The van der Waals surface area contributed by atoms with Crippen molar-refractivity contribution in [3.05, 3.63) is 0 Å². The van der Waals surface area contributed by atoms with Gasteiger partial charge in [0.15, 0.2) is 0 Å². The molecule has 0 fully saturated rings. The van der Waals surface area contributed by atoms with Crippen molar-refractivity contribution in [1.82, 2.24) is 0 Å². The topological polar surface area (TPSA) is 88.5 Å². The summed E-state index contributed by atoms with van der Waals surface area (Å²) in [4.78, 5) is 0. The molecule has 0 unspecified atom stereocenters. The van der Waals surface area contributed by atoms with E-state index in [0.29, 0.717) is 0 Å². The van der Waals surface area contributed by atoms with Crippen LogP contribution in [0.2, 0.25) is 0 Å². The summed E-state index contributed by atoms with van der Waals surface area (Å²) in [5.41, 5.74) is 0. The summed E-state index contributed by atoms with van der Waals surface area (Å²) in [6.07, 6.45) is 0. The molecule has 0 aromatic heterocycles. The molecular formula is H2O3U. The minimum atomic E-state index is 0. The minimum absolute atomic E-state index is 0. The molecule has 0 aromatic rings. The van der Waals surface area contributed by atoms with Gasteiger partial charge < -0.3 is 16.4 Å². The normalized spacial score (nSPS) is 0. The minimum Gasteiger partial charge on any atom is -2.00 e. The van der Waals surface area contributed by atoms with Gasteiger partial charge in [-0.3, -0.25) is 0 Å². The summed E-state index contributed by atoms with van der Waals surface area (Å²) in [5, 5.41) is 0. The van der Waals surface area contributed by atoms with Crippen LogP contribution in [-0.4, -0.2) is 5.48 Å². The second-order valence-corrected chi connectivity index (χ2v) is 0. The van der Waals surface area contributed by atoms with Crippen molar-refractivity contribution >= 4 is 0 Å². The van der Waals surface area contributed by atoms with Crippen LogP contribution in [0.3, 0.4) is 0 Å². The van der Waals surface area contributed by atoms with Gasteiger partial charge in [0.25, 0.3) is 0 Å². The van der Waals surface area contributed by atoms with Crippen LogP contribution in [0.5, 0.6) is 0 Å². The Morgan fingerprint density at radius 1 is 0.750 bits per heavy atom. The Hall–Kier alpha value is 0.932. The van der Waals surface area contributed by atoms with E-state index in [1.807, 2.05) is 0 Å². The molecule has 0 aliphatic rings. The van der Waals surface area contributed by atoms with Gasteiger partial charge in [-0.1, -0.05) is 0 Å². The van der Waals surface area contributed by atoms with Crippen LogP contribution in [0.4, 0.5) is 0 Å². The molecule has 4 heavy (non-hydrogen) atoms. The van der Waals surface area contributed by atoms with E-state index in [-0.39, 0.29) is 47.5 Å². The molecule has 0 aliphatic heterocycles. The van der Waals surface area contributed by atoms with Crippen molar-refractivity contribution in [2.45, 2.75) is 0 Å². The molecule has 24 valence electrons. The summed E-state index contributed by atoms with van der Waals surface area (Å²) in [7, 11) is 0. The fourth-order valence-electron chi connectivity index (χ4n) is 0. The Morgan fingerprint density at radius 3 is 0.750 bits per heavy atom. The maximum absolute atomic E-state index is 0. The molecule has 4 heteroatoms. The molecule has 0 heterocycles. The van der Waals surface area contributed by atoms with Gasteiger partial charge in [-0.2, -0.15) is 0 Å². The van der Waals surface area contributed by atoms with E-state index in [2.05, 4.69) is 0 Å². The molecule has 0 saturated carbocycles. The Bertz CT molecular complexity index is 3.25. The van der Waals surface area contributed by atoms with Gasteiger partial charge in [0.2, 0.25) is 0 Å².